The smallest absolute Gasteiger partial charge is 0.322 e. The van der Waals surface area contributed by atoms with E-state index in [1.165, 1.54) is 42.5 Å². The molecule has 2 aromatic carbocycles. The Morgan fingerprint density at radius 1 is 0.964 bits per heavy atom. The Labute approximate surface area is 161 Å². The number of para-hydroxylation sites is 1. The molecule has 0 saturated carbocycles. The van der Waals surface area contributed by atoms with Crippen molar-refractivity contribution in [3.05, 3.63) is 77.1 Å². The standard InChI is InChI=1S/C19H17F2N3O3S/c1-12-18(24-28(25,26)11-14-7-9-15(20)10-8-14)13(2)23-19(22-12)27-17-6-4-3-5-16(17)21/h3-10,24H,11H2,1-2H3. The van der Waals surface area contributed by atoms with Crippen LogP contribution in [0.1, 0.15) is 17.0 Å². The summed E-state index contributed by atoms with van der Waals surface area (Å²) in [5, 5.41) is 0. The van der Waals surface area contributed by atoms with Gasteiger partial charge in [0.1, 0.15) is 5.82 Å². The summed E-state index contributed by atoms with van der Waals surface area (Å²) in [6.07, 6.45) is 0. The van der Waals surface area contributed by atoms with E-state index in [2.05, 4.69) is 14.7 Å². The molecule has 1 N–H and O–H groups in total. The molecule has 0 saturated heterocycles. The zero-order chi connectivity index (χ0) is 20.3. The van der Waals surface area contributed by atoms with Gasteiger partial charge in [0, 0.05) is 0 Å². The highest BCUT2D eigenvalue weighted by molar-refractivity contribution is 7.91. The maximum atomic E-state index is 13.7. The quantitative estimate of drug-likeness (QED) is 0.668. The lowest BCUT2D eigenvalue weighted by Gasteiger charge is -2.14. The van der Waals surface area contributed by atoms with Gasteiger partial charge in [-0.2, -0.15) is 9.97 Å². The second-order valence-electron chi connectivity index (χ2n) is 6.07. The van der Waals surface area contributed by atoms with Crippen molar-refractivity contribution in [1.82, 2.24) is 9.97 Å². The molecular weight excluding hydrogens is 388 g/mol. The summed E-state index contributed by atoms with van der Waals surface area (Å²) in [6, 6.07) is 10.9. The number of anilines is 1. The molecular formula is C19H17F2N3O3S. The Kier molecular flexibility index (Phi) is 5.55. The van der Waals surface area contributed by atoms with Crippen LogP contribution in [0.3, 0.4) is 0 Å². The fourth-order valence-electron chi connectivity index (χ4n) is 2.50. The highest BCUT2D eigenvalue weighted by Crippen LogP contribution is 2.26. The summed E-state index contributed by atoms with van der Waals surface area (Å²) in [5.41, 5.74) is 1.29. The molecule has 0 bridgehead atoms. The van der Waals surface area contributed by atoms with Crippen LogP contribution in [0.4, 0.5) is 14.5 Å². The second kappa shape index (κ2) is 7.89. The predicted molar refractivity (Wildman–Crippen MR) is 101 cm³/mol. The van der Waals surface area contributed by atoms with Crippen molar-refractivity contribution in [2.24, 2.45) is 0 Å². The summed E-state index contributed by atoms with van der Waals surface area (Å²) in [5.74, 6) is -1.38. The van der Waals surface area contributed by atoms with E-state index in [0.29, 0.717) is 17.0 Å². The molecule has 0 radical (unpaired) electrons. The third-order valence-electron chi connectivity index (χ3n) is 3.82. The Hall–Kier alpha value is -3.07. The first-order valence-electron chi connectivity index (χ1n) is 8.26. The first-order chi connectivity index (χ1) is 13.2. The zero-order valence-corrected chi connectivity index (χ0v) is 15.9. The highest BCUT2D eigenvalue weighted by atomic mass is 32.2. The molecule has 3 rings (SSSR count). The van der Waals surface area contributed by atoms with Crippen molar-refractivity contribution < 1.29 is 21.9 Å². The lowest BCUT2D eigenvalue weighted by molar-refractivity contribution is 0.409. The van der Waals surface area contributed by atoms with E-state index in [1.54, 1.807) is 19.9 Å². The number of ether oxygens (including phenoxy) is 1. The lowest BCUT2D eigenvalue weighted by Crippen LogP contribution is -2.17. The average Bonchev–Trinajstić information content (AvgIpc) is 2.62. The molecule has 0 atom stereocenters. The first kappa shape index (κ1) is 19.7. The van der Waals surface area contributed by atoms with Gasteiger partial charge >= 0.3 is 6.01 Å². The van der Waals surface area contributed by atoms with Crippen LogP contribution in [0, 0.1) is 25.5 Å². The monoisotopic (exact) mass is 405 g/mol. The largest absolute Gasteiger partial charge is 0.421 e. The number of aromatic nitrogens is 2. The molecule has 28 heavy (non-hydrogen) atoms. The van der Waals surface area contributed by atoms with E-state index in [-0.39, 0.29) is 23.2 Å². The Balaban J connectivity index is 1.80. The molecule has 6 nitrogen and oxygen atoms in total. The van der Waals surface area contributed by atoms with Crippen LogP contribution in [0.5, 0.6) is 11.8 Å². The number of aryl methyl sites for hydroxylation is 2. The molecule has 0 fully saturated rings. The molecule has 146 valence electrons. The maximum Gasteiger partial charge on any atom is 0.322 e. The van der Waals surface area contributed by atoms with Crippen LogP contribution >= 0.6 is 0 Å². The number of halogens is 2. The number of sulfonamides is 1. The Bertz CT molecular complexity index is 1080. The van der Waals surface area contributed by atoms with Gasteiger partial charge in [0.25, 0.3) is 0 Å². The van der Waals surface area contributed by atoms with Crippen molar-refractivity contribution in [2.45, 2.75) is 19.6 Å². The SMILES string of the molecule is Cc1nc(Oc2ccccc2F)nc(C)c1NS(=O)(=O)Cc1ccc(F)cc1. The number of hydrogen-bond donors (Lipinski definition) is 1. The van der Waals surface area contributed by atoms with Gasteiger partial charge in [-0.15, -0.1) is 0 Å². The molecule has 0 amide bonds. The van der Waals surface area contributed by atoms with E-state index >= 15 is 0 Å². The van der Waals surface area contributed by atoms with E-state index in [0.717, 1.165) is 0 Å². The van der Waals surface area contributed by atoms with Crippen LogP contribution < -0.4 is 9.46 Å². The van der Waals surface area contributed by atoms with E-state index in [1.807, 2.05) is 0 Å². The summed E-state index contributed by atoms with van der Waals surface area (Å²) < 4.78 is 59.4. The molecule has 1 heterocycles. The van der Waals surface area contributed by atoms with Crippen LogP contribution in [0.2, 0.25) is 0 Å². The fourth-order valence-corrected chi connectivity index (χ4v) is 3.81. The maximum absolute atomic E-state index is 13.7. The van der Waals surface area contributed by atoms with E-state index in [4.69, 9.17) is 4.74 Å². The molecule has 3 aromatic rings. The number of rotatable bonds is 6. The molecule has 0 aliphatic carbocycles. The summed E-state index contributed by atoms with van der Waals surface area (Å²) >= 11 is 0. The van der Waals surface area contributed by atoms with Crippen molar-refractivity contribution in [1.29, 1.82) is 0 Å². The molecule has 0 spiro atoms. The van der Waals surface area contributed by atoms with Gasteiger partial charge in [-0.05, 0) is 43.7 Å². The number of nitrogens with zero attached hydrogens (tertiary/aromatic N) is 2. The lowest BCUT2D eigenvalue weighted by atomic mass is 10.2. The average molecular weight is 405 g/mol. The van der Waals surface area contributed by atoms with Crippen LogP contribution in [0.25, 0.3) is 0 Å². The molecule has 9 heteroatoms. The molecule has 0 unspecified atom stereocenters. The number of benzene rings is 2. The third-order valence-corrected chi connectivity index (χ3v) is 5.04. The number of nitrogens with one attached hydrogen (secondary N) is 1. The minimum atomic E-state index is -3.78. The van der Waals surface area contributed by atoms with Gasteiger partial charge in [-0.1, -0.05) is 24.3 Å². The Morgan fingerprint density at radius 3 is 2.18 bits per heavy atom. The second-order valence-corrected chi connectivity index (χ2v) is 7.79. The topological polar surface area (TPSA) is 81.2 Å². The third kappa shape index (κ3) is 4.80. The minimum absolute atomic E-state index is 0.0362. The highest BCUT2D eigenvalue weighted by Gasteiger charge is 2.18. The fraction of sp³-hybridized carbons (Fsp3) is 0.158. The van der Waals surface area contributed by atoms with Gasteiger partial charge in [0.15, 0.2) is 11.6 Å². The zero-order valence-electron chi connectivity index (χ0n) is 15.1. The van der Waals surface area contributed by atoms with E-state index in [9.17, 15) is 17.2 Å². The number of hydrogen-bond acceptors (Lipinski definition) is 5. The summed E-state index contributed by atoms with van der Waals surface area (Å²) in [4.78, 5) is 8.19. The van der Waals surface area contributed by atoms with Gasteiger partial charge in [-0.25, -0.2) is 17.2 Å². The Morgan fingerprint density at radius 2 is 1.57 bits per heavy atom. The van der Waals surface area contributed by atoms with Gasteiger partial charge in [-0.3, -0.25) is 4.72 Å². The predicted octanol–water partition coefficient (Wildman–Crippen LogP) is 4.11. The van der Waals surface area contributed by atoms with Gasteiger partial charge < -0.3 is 4.74 Å². The van der Waals surface area contributed by atoms with Crippen LogP contribution in [-0.2, 0) is 15.8 Å². The summed E-state index contributed by atoms with van der Waals surface area (Å²) in [6.45, 7) is 3.16. The van der Waals surface area contributed by atoms with E-state index < -0.39 is 21.7 Å². The van der Waals surface area contributed by atoms with Crippen molar-refractivity contribution >= 4 is 15.7 Å². The van der Waals surface area contributed by atoms with Crippen LogP contribution in [0.15, 0.2) is 48.5 Å². The first-order valence-corrected chi connectivity index (χ1v) is 9.91. The van der Waals surface area contributed by atoms with Crippen molar-refractivity contribution in [2.75, 3.05) is 4.72 Å². The normalized spacial score (nSPS) is 11.3. The molecule has 0 aliphatic heterocycles. The van der Waals surface area contributed by atoms with Crippen molar-refractivity contribution in [3.63, 3.8) is 0 Å². The van der Waals surface area contributed by atoms with Gasteiger partial charge in [0.2, 0.25) is 10.0 Å². The summed E-state index contributed by atoms with van der Waals surface area (Å²) in [7, 11) is -3.78. The molecule has 1 aromatic heterocycles. The van der Waals surface area contributed by atoms with Crippen molar-refractivity contribution in [3.8, 4) is 11.8 Å². The van der Waals surface area contributed by atoms with Crippen LogP contribution in [-0.4, -0.2) is 18.4 Å². The minimum Gasteiger partial charge on any atom is -0.421 e. The van der Waals surface area contributed by atoms with Gasteiger partial charge in [0.05, 0.1) is 22.8 Å². The molecule has 0 aliphatic rings.